The van der Waals surface area contributed by atoms with E-state index < -0.39 is 0 Å². The number of halogens is 2. The lowest BCUT2D eigenvalue weighted by Gasteiger charge is -2.28. The van der Waals surface area contributed by atoms with E-state index in [9.17, 15) is 4.79 Å². The highest BCUT2D eigenvalue weighted by Gasteiger charge is 2.34. The van der Waals surface area contributed by atoms with Gasteiger partial charge in [0.25, 0.3) is 5.91 Å². The lowest BCUT2D eigenvalue weighted by molar-refractivity contribution is 0.0903. The standard InChI is InChI=1S/C18H27N3O.2ClH/c19-14-18(8-1-2-9-18)20-17(22)16-7-5-6-15(12-16)13-21-10-3-4-11-21;;/h5-7,12H,1-4,8-11,13-14,19H2,(H,20,22);2*1H. The second-order valence-electron chi connectivity index (χ2n) is 6.83. The molecule has 0 atom stereocenters. The Morgan fingerprint density at radius 3 is 2.42 bits per heavy atom. The molecule has 1 aromatic carbocycles. The second kappa shape index (κ2) is 9.62. The van der Waals surface area contributed by atoms with Gasteiger partial charge in [0.1, 0.15) is 0 Å². The van der Waals surface area contributed by atoms with Crippen LogP contribution in [-0.2, 0) is 6.54 Å². The van der Waals surface area contributed by atoms with Gasteiger partial charge in [-0.15, -0.1) is 24.8 Å². The zero-order valence-corrected chi connectivity index (χ0v) is 15.8. The van der Waals surface area contributed by atoms with Gasteiger partial charge in [0.15, 0.2) is 0 Å². The van der Waals surface area contributed by atoms with Gasteiger partial charge < -0.3 is 11.1 Å². The van der Waals surface area contributed by atoms with Crippen LogP contribution in [0.1, 0.15) is 54.4 Å². The maximum absolute atomic E-state index is 12.6. The first-order chi connectivity index (χ1) is 10.7. The Bertz CT molecular complexity index is 527. The van der Waals surface area contributed by atoms with Crippen molar-refractivity contribution < 1.29 is 4.79 Å². The molecule has 1 saturated carbocycles. The Balaban J connectivity index is 0.00000144. The Labute approximate surface area is 157 Å². The third-order valence-electron chi connectivity index (χ3n) is 5.12. The van der Waals surface area contributed by atoms with E-state index in [1.165, 1.54) is 31.5 Å². The molecule has 1 aliphatic carbocycles. The molecule has 1 aromatic rings. The van der Waals surface area contributed by atoms with Crippen molar-refractivity contribution in [3.05, 3.63) is 35.4 Å². The monoisotopic (exact) mass is 373 g/mol. The quantitative estimate of drug-likeness (QED) is 0.833. The Kier molecular flexibility index (Phi) is 8.51. The Hall–Kier alpha value is -0.810. The lowest BCUT2D eigenvalue weighted by Crippen LogP contribution is -2.51. The number of nitrogens with one attached hydrogen (secondary N) is 1. The molecule has 4 nitrogen and oxygen atoms in total. The Morgan fingerprint density at radius 2 is 1.79 bits per heavy atom. The summed E-state index contributed by atoms with van der Waals surface area (Å²) in [4.78, 5) is 15.0. The molecule has 1 amide bonds. The number of nitrogens with zero attached hydrogens (tertiary/aromatic N) is 1. The summed E-state index contributed by atoms with van der Waals surface area (Å²) in [7, 11) is 0. The number of amides is 1. The first kappa shape index (κ1) is 21.2. The van der Waals surface area contributed by atoms with Crippen molar-refractivity contribution in [1.29, 1.82) is 0 Å². The maximum atomic E-state index is 12.6. The average Bonchev–Trinajstić information content (AvgIpc) is 3.20. The molecule has 1 heterocycles. The predicted molar refractivity (Wildman–Crippen MR) is 103 cm³/mol. The molecule has 3 N–H and O–H groups in total. The average molecular weight is 374 g/mol. The van der Waals surface area contributed by atoms with Crippen LogP contribution in [0.2, 0.25) is 0 Å². The summed E-state index contributed by atoms with van der Waals surface area (Å²) in [5.41, 5.74) is 7.72. The third kappa shape index (κ3) is 5.09. The van der Waals surface area contributed by atoms with E-state index in [-0.39, 0.29) is 36.3 Å². The molecule has 0 radical (unpaired) electrons. The highest BCUT2D eigenvalue weighted by Crippen LogP contribution is 2.29. The zero-order chi connectivity index (χ0) is 15.4. The van der Waals surface area contributed by atoms with Gasteiger partial charge in [-0.3, -0.25) is 9.69 Å². The number of hydrogen-bond donors (Lipinski definition) is 2. The van der Waals surface area contributed by atoms with Crippen LogP contribution in [0.5, 0.6) is 0 Å². The van der Waals surface area contributed by atoms with Crippen LogP contribution in [-0.4, -0.2) is 36.0 Å². The fourth-order valence-electron chi connectivity index (χ4n) is 3.75. The molecule has 1 saturated heterocycles. The molecule has 1 aliphatic heterocycles. The first-order valence-electron chi connectivity index (χ1n) is 8.55. The summed E-state index contributed by atoms with van der Waals surface area (Å²) in [5, 5.41) is 3.20. The van der Waals surface area contributed by atoms with E-state index in [1.807, 2.05) is 18.2 Å². The molecule has 0 bridgehead atoms. The molecule has 6 heteroatoms. The second-order valence-corrected chi connectivity index (χ2v) is 6.83. The van der Waals surface area contributed by atoms with Gasteiger partial charge in [-0.05, 0) is 56.5 Å². The minimum absolute atomic E-state index is 0. The zero-order valence-electron chi connectivity index (χ0n) is 14.1. The lowest BCUT2D eigenvalue weighted by atomic mass is 9.97. The van der Waals surface area contributed by atoms with Crippen molar-refractivity contribution in [2.24, 2.45) is 5.73 Å². The van der Waals surface area contributed by atoms with E-state index in [4.69, 9.17) is 5.73 Å². The van der Waals surface area contributed by atoms with Crippen molar-refractivity contribution in [2.45, 2.75) is 50.6 Å². The van der Waals surface area contributed by atoms with E-state index in [1.54, 1.807) is 0 Å². The number of likely N-dealkylation sites (tertiary alicyclic amines) is 1. The van der Waals surface area contributed by atoms with Gasteiger partial charge >= 0.3 is 0 Å². The molecule has 0 unspecified atom stereocenters. The fourth-order valence-corrected chi connectivity index (χ4v) is 3.75. The van der Waals surface area contributed by atoms with Crippen LogP contribution in [0, 0.1) is 0 Å². The summed E-state index contributed by atoms with van der Waals surface area (Å²) in [5.74, 6) is 0.0237. The topological polar surface area (TPSA) is 58.4 Å². The molecule has 2 fully saturated rings. The number of benzene rings is 1. The minimum Gasteiger partial charge on any atom is -0.345 e. The van der Waals surface area contributed by atoms with Crippen LogP contribution in [0.3, 0.4) is 0 Å². The Morgan fingerprint density at radius 1 is 1.12 bits per heavy atom. The number of hydrogen-bond acceptors (Lipinski definition) is 3. The van der Waals surface area contributed by atoms with E-state index in [2.05, 4.69) is 16.3 Å². The summed E-state index contributed by atoms with van der Waals surface area (Å²) in [6.45, 7) is 3.83. The van der Waals surface area contributed by atoms with Crippen molar-refractivity contribution in [3.8, 4) is 0 Å². The molecular formula is C18H29Cl2N3O. The number of carbonyl (C=O) groups is 1. The largest absolute Gasteiger partial charge is 0.345 e. The molecular weight excluding hydrogens is 345 g/mol. The van der Waals surface area contributed by atoms with E-state index >= 15 is 0 Å². The van der Waals surface area contributed by atoms with Crippen LogP contribution in [0.15, 0.2) is 24.3 Å². The van der Waals surface area contributed by atoms with Gasteiger partial charge in [0, 0.05) is 18.7 Å². The van der Waals surface area contributed by atoms with Gasteiger partial charge in [-0.1, -0.05) is 25.0 Å². The summed E-state index contributed by atoms with van der Waals surface area (Å²) < 4.78 is 0. The molecule has 2 aliphatic rings. The third-order valence-corrected chi connectivity index (χ3v) is 5.12. The van der Waals surface area contributed by atoms with Gasteiger partial charge in [0.05, 0.1) is 5.54 Å². The van der Waals surface area contributed by atoms with Crippen molar-refractivity contribution >= 4 is 30.7 Å². The smallest absolute Gasteiger partial charge is 0.251 e. The van der Waals surface area contributed by atoms with Crippen molar-refractivity contribution in [3.63, 3.8) is 0 Å². The van der Waals surface area contributed by atoms with Crippen molar-refractivity contribution in [2.75, 3.05) is 19.6 Å². The van der Waals surface area contributed by atoms with E-state index in [0.29, 0.717) is 6.54 Å². The van der Waals surface area contributed by atoms with Crippen LogP contribution >= 0.6 is 24.8 Å². The van der Waals surface area contributed by atoms with Gasteiger partial charge in [0.2, 0.25) is 0 Å². The fraction of sp³-hybridized carbons (Fsp3) is 0.611. The minimum atomic E-state index is -0.179. The molecule has 24 heavy (non-hydrogen) atoms. The predicted octanol–water partition coefficient (Wildman–Crippen LogP) is 3.13. The number of rotatable bonds is 5. The highest BCUT2D eigenvalue weighted by molar-refractivity contribution is 5.94. The molecule has 0 spiro atoms. The highest BCUT2D eigenvalue weighted by atomic mass is 35.5. The van der Waals surface area contributed by atoms with Crippen molar-refractivity contribution in [1.82, 2.24) is 10.2 Å². The van der Waals surface area contributed by atoms with E-state index in [0.717, 1.165) is 37.8 Å². The summed E-state index contributed by atoms with van der Waals surface area (Å²) in [6, 6.07) is 8.04. The summed E-state index contributed by atoms with van der Waals surface area (Å²) >= 11 is 0. The maximum Gasteiger partial charge on any atom is 0.251 e. The van der Waals surface area contributed by atoms with Crippen LogP contribution in [0.25, 0.3) is 0 Å². The first-order valence-corrected chi connectivity index (χ1v) is 8.55. The summed E-state index contributed by atoms with van der Waals surface area (Å²) in [6.07, 6.45) is 6.91. The van der Waals surface area contributed by atoms with Crippen LogP contribution in [0.4, 0.5) is 0 Å². The number of nitrogens with two attached hydrogens (primary N) is 1. The molecule has 136 valence electrons. The molecule has 3 rings (SSSR count). The SMILES string of the molecule is Cl.Cl.NCC1(NC(=O)c2cccc(CN3CCCC3)c2)CCCC1. The van der Waals surface area contributed by atoms with Gasteiger partial charge in [-0.25, -0.2) is 0 Å². The van der Waals surface area contributed by atoms with Crippen LogP contribution < -0.4 is 11.1 Å². The normalized spacial score (nSPS) is 19.4. The number of carbonyl (C=O) groups excluding carboxylic acids is 1. The van der Waals surface area contributed by atoms with Gasteiger partial charge in [-0.2, -0.15) is 0 Å². The molecule has 0 aromatic heterocycles.